The number of halogens is 1. The first-order valence-corrected chi connectivity index (χ1v) is 11.1. The van der Waals surface area contributed by atoms with E-state index in [1.165, 1.54) is 20.9 Å². The molecule has 3 aromatic rings. The van der Waals surface area contributed by atoms with Crippen LogP contribution in [0.25, 0.3) is 11.4 Å². The Morgan fingerprint density at radius 1 is 1.11 bits per heavy atom. The Balaban J connectivity index is 1.71. The van der Waals surface area contributed by atoms with Gasteiger partial charge in [-0.15, -0.1) is 10.2 Å². The number of aryl methyl sites for hydroxylation is 3. The highest BCUT2D eigenvalue weighted by Crippen LogP contribution is 2.26. The molecular formula is C21H23IN4OS. The van der Waals surface area contributed by atoms with Crippen LogP contribution in [0, 0.1) is 24.3 Å². The fourth-order valence-corrected chi connectivity index (χ4v) is 4.75. The third-order valence-corrected chi connectivity index (χ3v) is 6.03. The minimum absolute atomic E-state index is 0.0417. The molecule has 0 aliphatic heterocycles. The van der Waals surface area contributed by atoms with Gasteiger partial charge in [0.25, 0.3) is 0 Å². The number of amides is 1. The van der Waals surface area contributed by atoms with Gasteiger partial charge in [-0.3, -0.25) is 4.79 Å². The van der Waals surface area contributed by atoms with E-state index in [4.69, 9.17) is 0 Å². The molecule has 0 fully saturated rings. The van der Waals surface area contributed by atoms with E-state index in [0.717, 1.165) is 39.9 Å². The number of rotatable bonds is 6. The fourth-order valence-electron chi connectivity index (χ4n) is 3.01. The van der Waals surface area contributed by atoms with Crippen molar-refractivity contribution in [2.45, 2.75) is 39.4 Å². The molecule has 1 N–H and O–H groups in total. The Morgan fingerprint density at radius 2 is 1.75 bits per heavy atom. The van der Waals surface area contributed by atoms with Crippen LogP contribution < -0.4 is 5.32 Å². The van der Waals surface area contributed by atoms with Gasteiger partial charge in [0.05, 0.1) is 5.75 Å². The maximum absolute atomic E-state index is 12.5. The van der Waals surface area contributed by atoms with E-state index < -0.39 is 0 Å². The van der Waals surface area contributed by atoms with E-state index >= 15 is 0 Å². The van der Waals surface area contributed by atoms with Gasteiger partial charge in [0.2, 0.25) is 5.91 Å². The van der Waals surface area contributed by atoms with Crippen LogP contribution >= 0.6 is 34.4 Å². The summed E-state index contributed by atoms with van der Waals surface area (Å²) in [5, 5.41) is 12.4. The lowest BCUT2D eigenvalue weighted by Crippen LogP contribution is -2.16. The molecule has 0 aliphatic rings. The number of hydrogen-bond acceptors (Lipinski definition) is 4. The largest absolute Gasteiger partial charge is 0.325 e. The Kier molecular flexibility index (Phi) is 6.77. The maximum atomic E-state index is 12.5. The van der Waals surface area contributed by atoms with Gasteiger partial charge in [-0.1, -0.05) is 41.6 Å². The summed E-state index contributed by atoms with van der Waals surface area (Å²) in [5.41, 5.74) is 5.27. The zero-order valence-electron chi connectivity index (χ0n) is 16.4. The molecule has 0 bridgehead atoms. The third-order valence-electron chi connectivity index (χ3n) is 4.44. The van der Waals surface area contributed by atoms with Crippen LogP contribution in [0.1, 0.15) is 23.6 Å². The number of aromatic nitrogens is 3. The molecule has 1 aromatic heterocycles. The molecule has 1 heterocycles. The zero-order chi connectivity index (χ0) is 20.3. The first-order valence-electron chi connectivity index (χ1n) is 9.08. The quantitative estimate of drug-likeness (QED) is 0.368. The van der Waals surface area contributed by atoms with Crippen LogP contribution in [-0.2, 0) is 11.3 Å². The summed E-state index contributed by atoms with van der Waals surface area (Å²) in [6.45, 7) is 8.89. The molecule has 3 rings (SSSR count). The second kappa shape index (κ2) is 9.09. The van der Waals surface area contributed by atoms with Gasteiger partial charge in [0, 0.05) is 21.4 Å². The predicted octanol–water partition coefficient (Wildman–Crippen LogP) is 5.23. The minimum Gasteiger partial charge on any atom is -0.325 e. The Bertz CT molecular complexity index is 975. The number of anilines is 1. The lowest BCUT2D eigenvalue weighted by atomic mass is 10.1. The molecule has 28 heavy (non-hydrogen) atoms. The smallest absolute Gasteiger partial charge is 0.234 e. The number of benzene rings is 2. The van der Waals surface area contributed by atoms with Crippen molar-refractivity contribution in [1.29, 1.82) is 0 Å². The summed E-state index contributed by atoms with van der Waals surface area (Å²) >= 11 is 3.70. The SMILES string of the molecule is CCn1c(SCC(=O)Nc2c(C)cc(I)cc2C)nnc1-c1ccc(C)cc1. The van der Waals surface area contributed by atoms with Crippen LogP contribution in [0.3, 0.4) is 0 Å². The summed E-state index contributed by atoms with van der Waals surface area (Å²) in [6, 6.07) is 12.4. The molecule has 1 amide bonds. The van der Waals surface area contributed by atoms with E-state index in [2.05, 4.69) is 88.4 Å². The Morgan fingerprint density at radius 3 is 2.36 bits per heavy atom. The molecule has 0 saturated carbocycles. The number of nitrogens with one attached hydrogen (secondary N) is 1. The summed E-state index contributed by atoms with van der Waals surface area (Å²) in [4.78, 5) is 12.5. The van der Waals surface area contributed by atoms with Crippen molar-refractivity contribution in [3.8, 4) is 11.4 Å². The van der Waals surface area contributed by atoms with E-state index in [1.807, 2.05) is 18.4 Å². The molecular weight excluding hydrogens is 483 g/mol. The second-order valence-electron chi connectivity index (χ2n) is 6.67. The van der Waals surface area contributed by atoms with E-state index in [0.29, 0.717) is 0 Å². The van der Waals surface area contributed by atoms with E-state index in [9.17, 15) is 4.79 Å². The van der Waals surface area contributed by atoms with Gasteiger partial charge in [-0.05, 0) is 73.5 Å². The van der Waals surface area contributed by atoms with Crippen molar-refractivity contribution in [2.24, 2.45) is 0 Å². The summed E-state index contributed by atoms with van der Waals surface area (Å²) in [6.07, 6.45) is 0. The highest BCUT2D eigenvalue weighted by atomic mass is 127. The summed E-state index contributed by atoms with van der Waals surface area (Å²) < 4.78 is 3.21. The van der Waals surface area contributed by atoms with Crippen molar-refractivity contribution in [2.75, 3.05) is 11.1 Å². The first-order chi connectivity index (χ1) is 13.4. The Labute approximate surface area is 183 Å². The van der Waals surface area contributed by atoms with Crippen LogP contribution in [0.2, 0.25) is 0 Å². The summed E-state index contributed by atoms with van der Waals surface area (Å²) in [5.74, 6) is 1.08. The van der Waals surface area contributed by atoms with Gasteiger partial charge in [-0.2, -0.15) is 0 Å². The van der Waals surface area contributed by atoms with Gasteiger partial charge >= 0.3 is 0 Å². The van der Waals surface area contributed by atoms with E-state index in [1.54, 1.807) is 0 Å². The molecule has 2 aromatic carbocycles. The van der Waals surface area contributed by atoms with Gasteiger partial charge < -0.3 is 9.88 Å². The van der Waals surface area contributed by atoms with Crippen molar-refractivity contribution in [3.05, 3.63) is 56.7 Å². The number of carbonyl (C=O) groups is 1. The first kappa shape index (κ1) is 20.9. The van der Waals surface area contributed by atoms with Crippen LogP contribution in [0.4, 0.5) is 5.69 Å². The number of thioether (sulfide) groups is 1. The lowest BCUT2D eigenvalue weighted by molar-refractivity contribution is -0.113. The predicted molar refractivity (Wildman–Crippen MR) is 124 cm³/mol. The normalized spacial score (nSPS) is 10.9. The van der Waals surface area contributed by atoms with Crippen LogP contribution in [0.5, 0.6) is 0 Å². The van der Waals surface area contributed by atoms with Crippen LogP contribution in [-0.4, -0.2) is 26.4 Å². The lowest BCUT2D eigenvalue weighted by Gasteiger charge is -2.12. The number of nitrogens with zero attached hydrogens (tertiary/aromatic N) is 3. The maximum Gasteiger partial charge on any atom is 0.234 e. The monoisotopic (exact) mass is 506 g/mol. The standard InChI is InChI=1S/C21H23IN4OS/c1-5-26-20(16-8-6-13(2)7-9-16)24-25-21(26)28-12-18(27)23-19-14(3)10-17(22)11-15(19)4/h6-11H,5,12H2,1-4H3,(H,23,27). The summed E-state index contributed by atoms with van der Waals surface area (Å²) in [7, 11) is 0. The molecule has 7 heteroatoms. The van der Waals surface area contributed by atoms with Crippen molar-refractivity contribution < 1.29 is 4.79 Å². The molecule has 0 aliphatic carbocycles. The second-order valence-corrected chi connectivity index (χ2v) is 8.86. The average Bonchev–Trinajstić information content (AvgIpc) is 3.06. The van der Waals surface area contributed by atoms with E-state index in [-0.39, 0.29) is 11.7 Å². The minimum atomic E-state index is -0.0417. The topological polar surface area (TPSA) is 59.8 Å². The van der Waals surface area contributed by atoms with Gasteiger partial charge in [0.15, 0.2) is 11.0 Å². The Hall–Kier alpha value is -1.87. The molecule has 5 nitrogen and oxygen atoms in total. The molecule has 0 unspecified atom stereocenters. The molecule has 0 atom stereocenters. The molecule has 0 saturated heterocycles. The van der Waals surface area contributed by atoms with Crippen molar-refractivity contribution in [1.82, 2.24) is 14.8 Å². The van der Waals surface area contributed by atoms with Gasteiger partial charge in [-0.25, -0.2) is 0 Å². The van der Waals surface area contributed by atoms with Crippen molar-refractivity contribution >= 4 is 45.9 Å². The molecule has 146 valence electrons. The number of hydrogen-bond donors (Lipinski definition) is 1. The number of carbonyl (C=O) groups excluding carboxylic acids is 1. The van der Waals surface area contributed by atoms with Gasteiger partial charge in [0.1, 0.15) is 0 Å². The average molecular weight is 506 g/mol. The zero-order valence-corrected chi connectivity index (χ0v) is 19.4. The fraction of sp³-hybridized carbons (Fsp3) is 0.286. The van der Waals surface area contributed by atoms with Crippen molar-refractivity contribution in [3.63, 3.8) is 0 Å². The van der Waals surface area contributed by atoms with Crippen LogP contribution in [0.15, 0.2) is 41.6 Å². The molecule has 0 radical (unpaired) electrons. The third kappa shape index (κ3) is 4.75. The molecule has 0 spiro atoms. The highest BCUT2D eigenvalue weighted by molar-refractivity contribution is 14.1. The highest BCUT2D eigenvalue weighted by Gasteiger charge is 2.15.